The van der Waals surface area contributed by atoms with E-state index in [1.165, 1.54) is 0 Å². The molecular formula is C9H19NO2Re. The molecule has 0 saturated heterocycles. The van der Waals surface area contributed by atoms with Gasteiger partial charge in [0.05, 0.1) is 5.54 Å². The van der Waals surface area contributed by atoms with Gasteiger partial charge in [-0.1, -0.05) is 13.0 Å². The van der Waals surface area contributed by atoms with Crippen LogP contribution in [0.15, 0.2) is 11.8 Å². The normalized spacial score (nSPS) is 12.7. The molecule has 0 unspecified atom stereocenters. The van der Waals surface area contributed by atoms with Gasteiger partial charge in [0.25, 0.3) is 0 Å². The first-order valence-corrected chi connectivity index (χ1v) is 4.23. The maximum atomic E-state index is 8.99. The number of allylic oxidation sites excluding steroid dienone is 2. The van der Waals surface area contributed by atoms with Crippen molar-refractivity contribution in [1.29, 1.82) is 0 Å². The summed E-state index contributed by atoms with van der Waals surface area (Å²) in [6, 6.07) is 0. The summed E-state index contributed by atoms with van der Waals surface area (Å²) in [7, 11) is 0. The number of hydrogen-bond acceptors (Lipinski definition) is 3. The van der Waals surface area contributed by atoms with Crippen molar-refractivity contribution in [3.8, 4) is 0 Å². The van der Waals surface area contributed by atoms with Crippen LogP contribution in [0.5, 0.6) is 0 Å². The van der Waals surface area contributed by atoms with E-state index < -0.39 is 11.8 Å². The van der Waals surface area contributed by atoms with Crippen LogP contribution < -0.4 is 5.32 Å². The molecule has 79 valence electrons. The van der Waals surface area contributed by atoms with Crippen LogP contribution >= 0.6 is 0 Å². The Labute approximate surface area is 93.9 Å². The van der Waals surface area contributed by atoms with Gasteiger partial charge in [-0.2, -0.15) is 0 Å². The molecule has 0 aliphatic carbocycles. The Hall–Kier alpha value is 0.122. The molecule has 0 amide bonds. The quantitative estimate of drug-likeness (QED) is 0.656. The summed E-state index contributed by atoms with van der Waals surface area (Å²) in [4.78, 5) is 0. The fourth-order valence-electron chi connectivity index (χ4n) is 0.843. The average molecular weight is 359 g/mol. The van der Waals surface area contributed by atoms with Gasteiger partial charge < -0.3 is 15.5 Å². The van der Waals surface area contributed by atoms with Crippen LogP contribution in [0.3, 0.4) is 0 Å². The fraction of sp³-hybridized carbons (Fsp3) is 0.778. The molecule has 13 heavy (non-hydrogen) atoms. The van der Waals surface area contributed by atoms with Crippen LogP contribution in [0, 0.1) is 0 Å². The fourth-order valence-corrected chi connectivity index (χ4v) is 0.843. The Bertz CT molecular complexity index is 167. The molecule has 0 spiro atoms. The molecule has 0 atom stereocenters. The van der Waals surface area contributed by atoms with Gasteiger partial charge in [-0.3, -0.25) is 0 Å². The van der Waals surface area contributed by atoms with Gasteiger partial charge in [-0.25, -0.2) is 0 Å². The monoisotopic (exact) mass is 360 g/mol. The zero-order valence-corrected chi connectivity index (χ0v) is 11.4. The second kappa shape index (κ2) is 6.56. The Balaban J connectivity index is 0. The minimum atomic E-state index is -1.35. The molecule has 0 fully saturated rings. The summed E-state index contributed by atoms with van der Waals surface area (Å²) in [5, 5.41) is 21.0. The summed E-state index contributed by atoms with van der Waals surface area (Å²) < 4.78 is 0. The molecule has 0 rings (SSSR count). The van der Waals surface area contributed by atoms with Crippen molar-refractivity contribution in [3.05, 3.63) is 11.8 Å². The molecule has 0 aliphatic rings. The molecule has 0 aromatic rings. The van der Waals surface area contributed by atoms with Crippen LogP contribution in [0.25, 0.3) is 0 Å². The van der Waals surface area contributed by atoms with Crippen LogP contribution in [0.1, 0.15) is 34.1 Å². The zero-order valence-electron chi connectivity index (χ0n) is 8.63. The summed E-state index contributed by atoms with van der Waals surface area (Å²) >= 11 is 0. The minimum absolute atomic E-state index is 0. The summed E-state index contributed by atoms with van der Waals surface area (Å²) in [5.41, 5.74) is 0.339. The average Bonchev–Trinajstić information content (AvgIpc) is 2.00. The molecule has 0 aliphatic heterocycles. The molecule has 0 heterocycles. The van der Waals surface area contributed by atoms with Crippen molar-refractivity contribution in [2.24, 2.45) is 0 Å². The maximum absolute atomic E-state index is 8.99. The third-order valence-corrected chi connectivity index (χ3v) is 1.86. The van der Waals surface area contributed by atoms with Gasteiger partial charge in [-0.05, 0) is 27.2 Å². The molecule has 3 nitrogen and oxygen atoms in total. The molecule has 0 aromatic heterocycles. The van der Waals surface area contributed by atoms with Crippen molar-refractivity contribution >= 4 is 0 Å². The summed E-state index contributed by atoms with van der Waals surface area (Å²) in [5.74, 6) is 0. The van der Waals surface area contributed by atoms with Crippen molar-refractivity contribution in [1.82, 2.24) is 5.32 Å². The molecule has 3 N–H and O–H groups in total. The number of rotatable bonds is 4. The van der Waals surface area contributed by atoms with Crippen LogP contribution in [0.4, 0.5) is 0 Å². The van der Waals surface area contributed by atoms with E-state index >= 15 is 0 Å². The smallest absolute Gasteiger partial charge is 0.174 e. The predicted octanol–water partition coefficient (Wildman–Crippen LogP) is 0.977. The van der Waals surface area contributed by atoms with Gasteiger partial charge in [0, 0.05) is 26.1 Å². The van der Waals surface area contributed by atoms with Crippen molar-refractivity contribution in [2.45, 2.75) is 45.9 Å². The number of aliphatic hydroxyl groups is 2. The van der Waals surface area contributed by atoms with Crippen LogP contribution in [0.2, 0.25) is 0 Å². The minimum Gasteiger partial charge on any atom is -0.379 e. The molecule has 0 aromatic carbocycles. The summed E-state index contributed by atoms with van der Waals surface area (Å²) in [6.07, 6.45) is 1.45. The Kier molecular flexibility index (Phi) is 7.86. The van der Waals surface area contributed by atoms with Crippen molar-refractivity contribution in [3.63, 3.8) is 0 Å². The van der Waals surface area contributed by atoms with Gasteiger partial charge in [0.15, 0.2) is 6.29 Å². The predicted molar refractivity (Wildman–Crippen MR) is 49.5 cm³/mol. The number of aliphatic hydroxyl groups excluding tert-OH is 1. The van der Waals surface area contributed by atoms with Crippen molar-refractivity contribution in [2.75, 3.05) is 0 Å². The molecule has 4 heteroatoms. The topological polar surface area (TPSA) is 52.5 Å². The SMILES string of the molecule is C/C=C(\CC)NC(C)(C)C(O)O.[Re]. The second-order valence-corrected chi connectivity index (χ2v) is 3.39. The van der Waals surface area contributed by atoms with E-state index in [0.29, 0.717) is 0 Å². The Morgan fingerprint density at radius 2 is 1.92 bits per heavy atom. The van der Waals surface area contributed by atoms with Crippen molar-refractivity contribution < 1.29 is 30.6 Å². The first-order valence-electron chi connectivity index (χ1n) is 4.23. The van der Waals surface area contributed by atoms with Crippen LogP contribution in [-0.4, -0.2) is 22.0 Å². The van der Waals surface area contributed by atoms with E-state index in [1.807, 2.05) is 19.9 Å². The van der Waals surface area contributed by atoms with Gasteiger partial charge in [0.1, 0.15) is 0 Å². The van der Waals surface area contributed by atoms with E-state index in [-0.39, 0.29) is 20.4 Å². The largest absolute Gasteiger partial charge is 0.379 e. The van der Waals surface area contributed by atoms with E-state index in [4.69, 9.17) is 10.2 Å². The van der Waals surface area contributed by atoms with E-state index in [9.17, 15) is 0 Å². The van der Waals surface area contributed by atoms with Gasteiger partial charge >= 0.3 is 0 Å². The van der Waals surface area contributed by atoms with Crippen LogP contribution in [-0.2, 0) is 20.4 Å². The van der Waals surface area contributed by atoms with Gasteiger partial charge in [0.2, 0.25) is 0 Å². The number of hydrogen-bond donors (Lipinski definition) is 3. The third kappa shape index (κ3) is 5.43. The molecule has 0 bridgehead atoms. The summed E-state index contributed by atoms with van der Waals surface area (Å²) in [6.45, 7) is 7.43. The van der Waals surface area contributed by atoms with E-state index in [0.717, 1.165) is 12.1 Å². The zero-order chi connectivity index (χ0) is 9.78. The van der Waals surface area contributed by atoms with E-state index in [2.05, 4.69) is 5.32 Å². The first-order chi connectivity index (χ1) is 5.44. The Morgan fingerprint density at radius 1 is 1.46 bits per heavy atom. The first kappa shape index (κ1) is 15.6. The second-order valence-electron chi connectivity index (χ2n) is 3.39. The van der Waals surface area contributed by atoms with Gasteiger partial charge in [-0.15, -0.1) is 0 Å². The molecule has 0 saturated carbocycles. The molecular weight excluding hydrogens is 340 g/mol. The number of nitrogens with one attached hydrogen (secondary N) is 1. The molecule has 1 radical (unpaired) electrons. The van der Waals surface area contributed by atoms with E-state index in [1.54, 1.807) is 13.8 Å². The standard InChI is InChI=1S/C9H19NO2.Re/c1-5-7(6-2)10-9(3,4)8(11)12;/h5,8,10-12H,6H2,1-4H3;/b7-5+;. The third-order valence-electron chi connectivity index (χ3n) is 1.86. The maximum Gasteiger partial charge on any atom is 0.174 e. The Morgan fingerprint density at radius 3 is 2.15 bits per heavy atom.